The van der Waals surface area contributed by atoms with Crippen LogP contribution in [0.5, 0.6) is 0 Å². The number of hydrogen-bond donors (Lipinski definition) is 2. The first-order chi connectivity index (χ1) is 15.2. The highest BCUT2D eigenvalue weighted by atomic mass is 16.3. The number of rotatable bonds is 2. The molecule has 0 bridgehead atoms. The van der Waals surface area contributed by atoms with Crippen molar-refractivity contribution in [2.24, 2.45) is 34.5 Å². The molecule has 2 N–H and O–H groups in total. The van der Waals surface area contributed by atoms with Crippen molar-refractivity contribution in [1.29, 1.82) is 0 Å². The van der Waals surface area contributed by atoms with Crippen molar-refractivity contribution in [3.8, 4) is 0 Å². The van der Waals surface area contributed by atoms with E-state index in [0.29, 0.717) is 23.7 Å². The quantitative estimate of drug-likeness (QED) is 0.623. The molecule has 0 spiro atoms. The van der Waals surface area contributed by atoms with E-state index in [1.807, 2.05) is 11.9 Å². The smallest absolute Gasteiger partial charge is 0.239 e. The number of piperidine rings is 1. The maximum atomic E-state index is 13.4. The zero-order valence-electron chi connectivity index (χ0n) is 20.5. The zero-order chi connectivity index (χ0) is 22.8. The Hall–Kier alpha value is -1.36. The number of nitrogens with one attached hydrogen (secondary N) is 1. The number of carbonyl (C=O) groups excluding carboxylic acids is 2. The Morgan fingerprint density at radius 1 is 1.06 bits per heavy atom. The van der Waals surface area contributed by atoms with Gasteiger partial charge in [-0.15, -0.1) is 0 Å². The van der Waals surface area contributed by atoms with Crippen LogP contribution in [-0.2, 0) is 9.59 Å². The highest BCUT2D eigenvalue weighted by Crippen LogP contribution is 2.65. The minimum Gasteiger partial charge on any atom is -0.391 e. The van der Waals surface area contributed by atoms with Crippen molar-refractivity contribution in [1.82, 2.24) is 10.2 Å². The SMILES string of the molecule is CC1=C2N(C)C(=O)C(C(=O)NC3CCCCC3O)C[C@]2(C)[C@@H]2CC[C@]3(C)CCC[C@H]3[C@@H]2C1. The Morgan fingerprint density at radius 3 is 2.56 bits per heavy atom. The number of aliphatic hydroxyl groups excluding tert-OH is 1. The number of hydrogen-bond acceptors (Lipinski definition) is 3. The monoisotopic (exact) mass is 442 g/mol. The summed E-state index contributed by atoms with van der Waals surface area (Å²) in [5.41, 5.74) is 2.92. The number of nitrogens with zero attached hydrogens (tertiary/aromatic N) is 1. The lowest BCUT2D eigenvalue weighted by Crippen LogP contribution is -2.59. The van der Waals surface area contributed by atoms with E-state index in [1.165, 1.54) is 43.4 Å². The molecule has 2 amide bonds. The first-order valence-electron chi connectivity index (χ1n) is 13.1. The van der Waals surface area contributed by atoms with Gasteiger partial charge in [0.05, 0.1) is 12.1 Å². The summed E-state index contributed by atoms with van der Waals surface area (Å²) in [6.45, 7) is 7.09. The summed E-state index contributed by atoms with van der Waals surface area (Å²) in [7, 11) is 1.89. The molecule has 1 aliphatic heterocycles. The fourth-order valence-electron chi connectivity index (χ4n) is 9.01. The molecule has 5 aliphatic rings. The fraction of sp³-hybridized carbons (Fsp3) is 0.852. The third-order valence-electron chi connectivity index (χ3n) is 10.5. The van der Waals surface area contributed by atoms with E-state index in [9.17, 15) is 14.7 Å². The topological polar surface area (TPSA) is 69.6 Å². The number of aliphatic hydroxyl groups is 1. The summed E-state index contributed by atoms with van der Waals surface area (Å²) in [6, 6.07) is -0.214. The van der Waals surface area contributed by atoms with Gasteiger partial charge in [-0.3, -0.25) is 9.59 Å². The lowest BCUT2D eigenvalue weighted by molar-refractivity contribution is -0.150. The highest BCUT2D eigenvalue weighted by Gasteiger charge is 2.60. The molecule has 3 unspecified atom stereocenters. The molecule has 32 heavy (non-hydrogen) atoms. The van der Waals surface area contributed by atoms with E-state index < -0.39 is 12.0 Å². The first kappa shape index (κ1) is 22.4. The molecule has 0 radical (unpaired) electrons. The predicted molar refractivity (Wildman–Crippen MR) is 124 cm³/mol. The Morgan fingerprint density at radius 2 is 1.81 bits per heavy atom. The van der Waals surface area contributed by atoms with E-state index in [2.05, 4.69) is 26.1 Å². The Labute approximate surface area is 193 Å². The molecular formula is C27H42N2O3. The lowest BCUT2D eigenvalue weighted by Gasteiger charge is -2.59. The highest BCUT2D eigenvalue weighted by molar-refractivity contribution is 6.02. The van der Waals surface area contributed by atoms with E-state index in [-0.39, 0.29) is 23.3 Å². The molecule has 8 atom stereocenters. The molecule has 1 saturated heterocycles. The summed E-state index contributed by atoms with van der Waals surface area (Å²) in [6.07, 6.45) is 11.3. The zero-order valence-corrected chi connectivity index (χ0v) is 20.5. The van der Waals surface area contributed by atoms with Gasteiger partial charge in [-0.05, 0) is 81.5 Å². The minimum absolute atomic E-state index is 0.0698. The van der Waals surface area contributed by atoms with E-state index in [0.717, 1.165) is 38.0 Å². The number of amides is 2. The van der Waals surface area contributed by atoms with E-state index >= 15 is 0 Å². The van der Waals surface area contributed by atoms with Gasteiger partial charge in [0, 0.05) is 18.2 Å². The van der Waals surface area contributed by atoms with Gasteiger partial charge in [0.1, 0.15) is 5.92 Å². The first-order valence-corrected chi connectivity index (χ1v) is 13.1. The number of fused-ring (bicyclic) bond motifs is 5. The van der Waals surface area contributed by atoms with E-state index in [1.54, 1.807) is 0 Å². The second-order valence-electron chi connectivity index (χ2n) is 12.3. The normalized spacial score (nSPS) is 46.4. The third kappa shape index (κ3) is 3.28. The molecule has 0 aromatic rings. The average Bonchev–Trinajstić information content (AvgIpc) is 3.14. The van der Waals surface area contributed by atoms with Crippen LogP contribution in [0.1, 0.15) is 91.4 Å². The van der Waals surface area contributed by atoms with Gasteiger partial charge in [-0.2, -0.15) is 0 Å². The van der Waals surface area contributed by atoms with Crippen LogP contribution in [-0.4, -0.2) is 41.0 Å². The number of allylic oxidation sites excluding steroid dienone is 2. The standard InChI is InChI=1S/C27H42N2O3/c1-16-14-17-19-8-7-12-26(19,2)13-11-20(17)27(3)15-18(25(32)29(4)23(16)27)24(31)28-21-9-5-6-10-22(21)30/h17-22,30H,5-15H2,1-4H3,(H,28,31)/t17-,18?,19-,20+,21?,22?,26-,27+/m0/s1. The maximum absolute atomic E-state index is 13.4. The summed E-state index contributed by atoms with van der Waals surface area (Å²) < 4.78 is 0. The van der Waals surface area contributed by atoms with Crippen molar-refractivity contribution in [3.05, 3.63) is 11.3 Å². The molecule has 1 heterocycles. The maximum Gasteiger partial charge on any atom is 0.239 e. The molecule has 5 heteroatoms. The van der Waals surface area contributed by atoms with Crippen LogP contribution in [0, 0.1) is 34.5 Å². The van der Waals surface area contributed by atoms with E-state index in [4.69, 9.17) is 0 Å². The Kier molecular flexibility index (Phi) is 5.51. The van der Waals surface area contributed by atoms with Crippen LogP contribution in [0.2, 0.25) is 0 Å². The summed E-state index contributed by atoms with van der Waals surface area (Å²) >= 11 is 0. The van der Waals surface area contributed by atoms with Crippen LogP contribution in [0.3, 0.4) is 0 Å². The largest absolute Gasteiger partial charge is 0.391 e. The van der Waals surface area contributed by atoms with Crippen LogP contribution in [0.25, 0.3) is 0 Å². The van der Waals surface area contributed by atoms with Crippen molar-refractivity contribution < 1.29 is 14.7 Å². The molecule has 4 aliphatic carbocycles. The molecular weight excluding hydrogens is 400 g/mol. The van der Waals surface area contributed by atoms with Gasteiger partial charge in [-0.25, -0.2) is 0 Å². The summed E-state index contributed by atoms with van der Waals surface area (Å²) in [5.74, 6) is 1.11. The molecule has 0 aromatic carbocycles. The van der Waals surface area contributed by atoms with Crippen LogP contribution >= 0.6 is 0 Å². The molecule has 5 nitrogen and oxygen atoms in total. The van der Waals surface area contributed by atoms with Gasteiger partial charge in [-0.1, -0.05) is 38.7 Å². The Balaban J connectivity index is 1.44. The average molecular weight is 443 g/mol. The summed E-state index contributed by atoms with van der Waals surface area (Å²) in [4.78, 5) is 28.6. The van der Waals surface area contributed by atoms with Crippen molar-refractivity contribution in [2.45, 2.75) is 104 Å². The predicted octanol–water partition coefficient (Wildman–Crippen LogP) is 4.40. The van der Waals surface area contributed by atoms with Gasteiger partial charge in [0.2, 0.25) is 11.8 Å². The second-order valence-corrected chi connectivity index (χ2v) is 12.3. The molecule has 178 valence electrons. The molecule has 3 saturated carbocycles. The molecule has 0 aromatic heterocycles. The van der Waals surface area contributed by atoms with Crippen molar-refractivity contribution >= 4 is 11.8 Å². The third-order valence-corrected chi connectivity index (χ3v) is 10.5. The lowest BCUT2D eigenvalue weighted by atomic mass is 9.48. The molecule has 5 rings (SSSR count). The van der Waals surface area contributed by atoms with Crippen LogP contribution in [0.4, 0.5) is 0 Å². The molecule has 4 fully saturated rings. The van der Waals surface area contributed by atoms with Gasteiger partial charge >= 0.3 is 0 Å². The Bertz CT molecular complexity index is 837. The van der Waals surface area contributed by atoms with Crippen molar-refractivity contribution in [3.63, 3.8) is 0 Å². The van der Waals surface area contributed by atoms with Crippen LogP contribution in [0.15, 0.2) is 11.3 Å². The summed E-state index contributed by atoms with van der Waals surface area (Å²) in [5, 5.41) is 13.4. The minimum atomic E-state index is -0.647. The fourth-order valence-corrected chi connectivity index (χ4v) is 9.01. The van der Waals surface area contributed by atoms with Gasteiger partial charge in [0.25, 0.3) is 0 Å². The van der Waals surface area contributed by atoms with Gasteiger partial charge < -0.3 is 15.3 Å². The number of likely N-dealkylation sites (tertiary alicyclic amines) is 1. The van der Waals surface area contributed by atoms with Crippen molar-refractivity contribution in [2.75, 3.05) is 7.05 Å². The van der Waals surface area contributed by atoms with Gasteiger partial charge in [0.15, 0.2) is 0 Å². The van der Waals surface area contributed by atoms with Crippen LogP contribution < -0.4 is 5.32 Å². The number of carbonyl (C=O) groups is 2. The second kappa shape index (κ2) is 7.85.